The molecule has 3 rings (SSSR count). The van der Waals surface area contributed by atoms with Gasteiger partial charge in [-0.25, -0.2) is 0 Å². The molecule has 2 nitrogen and oxygen atoms in total. The average molecular weight is 244 g/mol. The number of hydrogen-bond acceptors (Lipinski definition) is 3. The minimum atomic E-state index is 0.580. The second-order valence-corrected chi connectivity index (χ2v) is 5.55. The third-order valence-electron chi connectivity index (χ3n) is 3.22. The Labute approximate surface area is 106 Å². The lowest BCUT2D eigenvalue weighted by Gasteiger charge is -2.17. The van der Waals surface area contributed by atoms with E-state index in [1.807, 2.05) is 0 Å². The maximum absolute atomic E-state index is 4.48. The monoisotopic (exact) mass is 244 g/mol. The molecule has 17 heavy (non-hydrogen) atoms. The van der Waals surface area contributed by atoms with Crippen molar-refractivity contribution < 1.29 is 0 Å². The highest BCUT2D eigenvalue weighted by Crippen LogP contribution is 2.35. The normalized spacial score (nSPS) is 18.4. The van der Waals surface area contributed by atoms with Gasteiger partial charge in [0.15, 0.2) is 5.17 Å². The zero-order valence-electron chi connectivity index (χ0n) is 10.2. The van der Waals surface area contributed by atoms with Crippen molar-refractivity contribution in [3.05, 3.63) is 40.8 Å². The molecule has 0 bridgehead atoms. The molecule has 0 fully saturated rings. The molecule has 3 heteroatoms. The van der Waals surface area contributed by atoms with Crippen molar-refractivity contribution in [2.75, 3.05) is 13.1 Å². The largest absolute Gasteiger partial charge is 0.318 e. The lowest BCUT2D eigenvalue weighted by Crippen LogP contribution is -2.19. The van der Waals surface area contributed by atoms with Crippen molar-refractivity contribution in [3.8, 4) is 0 Å². The number of hydrogen-bond donors (Lipinski definition) is 0. The van der Waals surface area contributed by atoms with Gasteiger partial charge in [0.25, 0.3) is 0 Å². The summed E-state index contributed by atoms with van der Waals surface area (Å²) in [5, 5.41) is 3.38. The molecule has 0 amide bonds. The van der Waals surface area contributed by atoms with Gasteiger partial charge in [-0.05, 0) is 23.1 Å². The standard InChI is InChI=1S/C14H16N2S/c1-10(2)11-4-3-5-12(8-11)13-9-17-14-15-6-7-16(13)14/h3-5,8-10H,6-7H2,1-2H3. The Hall–Kier alpha value is -1.22. The van der Waals surface area contributed by atoms with Crippen LogP contribution in [-0.4, -0.2) is 23.2 Å². The van der Waals surface area contributed by atoms with Gasteiger partial charge in [0.05, 0.1) is 12.2 Å². The van der Waals surface area contributed by atoms with E-state index in [1.54, 1.807) is 11.8 Å². The van der Waals surface area contributed by atoms with E-state index in [4.69, 9.17) is 0 Å². The second kappa shape index (κ2) is 4.22. The molecule has 0 radical (unpaired) electrons. The minimum absolute atomic E-state index is 0.580. The molecule has 0 aliphatic carbocycles. The molecule has 88 valence electrons. The Bertz CT molecular complexity index is 503. The minimum Gasteiger partial charge on any atom is -0.318 e. The molecule has 2 aliphatic rings. The molecular formula is C14H16N2S. The number of aliphatic imine (C=N–C) groups is 1. The van der Waals surface area contributed by atoms with E-state index in [-0.39, 0.29) is 0 Å². The van der Waals surface area contributed by atoms with Gasteiger partial charge < -0.3 is 4.90 Å². The van der Waals surface area contributed by atoms with E-state index in [9.17, 15) is 0 Å². The summed E-state index contributed by atoms with van der Waals surface area (Å²) in [7, 11) is 0. The van der Waals surface area contributed by atoms with E-state index in [0.717, 1.165) is 18.3 Å². The first-order valence-corrected chi connectivity index (χ1v) is 6.93. The van der Waals surface area contributed by atoms with Crippen LogP contribution >= 0.6 is 11.8 Å². The molecule has 0 aromatic heterocycles. The maximum atomic E-state index is 4.48. The highest BCUT2D eigenvalue weighted by molar-refractivity contribution is 8.16. The van der Waals surface area contributed by atoms with Gasteiger partial charge in [-0.3, -0.25) is 4.99 Å². The summed E-state index contributed by atoms with van der Waals surface area (Å²) in [6, 6.07) is 8.86. The van der Waals surface area contributed by atoms with Crippen LogP contribution in [0.25, 0.3) is 5.70 Å². The van der Waals surface area contributed by atoms with Crippen LogP contribution in [0.4, 0.5) is 0 Å². The number of amidine groups is 1. The lowest BCUT2D eigenvalue weighted by atomic mass is 10.00. The quantitative estimate of drug-likeness (QED) is 0.791. The van der Waals surface area contributed by atoms with Crippen molar-refractivity contribution in [3.63, 3.8) is 0 Å². The van der Waals surface area contributed by atoms with E-state index >= 15 is 0 Å². The average Bonchev–Trinajstić information content (AvgIpc) is 2.90. The van der Waals surface area contributed by atoms with E-state index in [2.05, 4.69) is 53.4 Å². The van der Waals surface area contributed by atoms with Crippen LogP contribution in [0.2, 0.25) is 0 Å². The van der Waals surface area contributed by atoms with Gasteiger partial charge >= 0.3 is 0 Å². The van der Waals surface area contributed by atoms with Crippen LogP contribution < -0.4 is 0 Å². The van der Waals surface area contributed by atoms with Crippen molar-refractivity contribution in [1.29, 1.82) is 0 Å². The second-order valence-electron chi connectivity index (χ2n) is 4.72. The fourth-order valence-electron chi connectivity index (χ4n) is 2.20. The van der Waals surface area contributed by atoms with Crippen LogP contribution in [0, 0.1) is 0 Å². The molecular weight excluding hydrogens is 228 g/mol. The molecule has 2 aliphatic heterocycles. The highest BCUT2D eigenvalue weighted by Gasteiger charge is 2.26. The molecule has 0 N–H and O–H groups in total. The molecule has 0 unspecified atom stereocenters. The zero-order chi connectivity index (χ0) is 11.8. The number of fused-ring (bicyclic) bond motifs is 1. The van der Waals surface area contributed by atoms with Gasteiger partial charge in [0, 0.05) is 12.0 Å². The van der Waals surface area contributed by atoms with Crippen molar-refractivity contribution in [2.45, 2.75) is 19.8 Å². The molecule has 0 spiro atoms. The van der Waals surface area contributed by atoms with E-state index in [1.165, 1.54) is 16.8 Å². The van der Waals surface area contributed by atoms with Gasteiger partial charge in [0.2, 0.25) is 0 Å². The zero-order valence-corrected chi connectivity index (χ0v) is 11.0. The SMILES string of the molecule is CC(C)c1cccc(C2=CSC3=NCCN23)c1. The van der Waals surface area contributed by atoms with Crippen LogP contribution in [0.1, 0.15) is 30.9 Å². The van der Waals surface area contributed by atoms with Crippen LogP contribution in [0.5, 0.6) is 0 Å². The van der Waals surface area contributed by atoms with Crippen molar-refractivity contribution >= 4 is 22.6 Å². The van der Waals surface area contributed by atoms with Crippen molar-refractivity contribution in [1.82, 2.24) is 4.90 Å². The predicted molar refractivity (Wildman–Crippen MR) is 75.1 cm³/mol. The fourth-order valence-corrected chi connectivity index (χ4v) is 3.17. The first kappa shape index (κ1) is 10.9. The number of benzene rings is 1. The fraction of sp³-hybridized carbons (Fsp3) is 0.357. The smallest absolute Gasteiger partial charge is 0.168 e. The highest BCUT2D eigenvalue weighted by atomic mass is 32.2. The predicted octanol–water partition coefficient (Wildman–Crippen LogP) is 3.53. The maximum Gasteiger partial charge on any atom is 0.168 e. The Kier molecular flexibility index (Phi) is 2.71. The van der Waals surface area contributed by atoms with E-state index < -0.39 is 0 Å². The first-order chi connectivity index (χ1) is 8.25. The van der Waals surface area contributed by atoms with Gasteiger partial charge in [-0.15, -0.1) is 0 Å². The Morgan fingerprint density at radius 1 is 1.35 bits per heavy atom. The molecule has 1 aromatic carbocycles. The molecule has 0 saturated carbocycles. The van der Waals surface area contributed by atoms with Crippen LogP contribution in [0.3, 0.4) is 0 Å². The van der Waals surface area contributed by atoms with Crippen LogP contribution in [-0.2, 0) is 0 Å². The van der Waals surface area contributed by atoms with Gasteiger partial charge in [-0.1, -0.05) is 43.8 Å². The summed E-state index contributed by atoms with van der Waals surface area (Å²) >= 11 is 1.74. The number of nitrogens with zero attached hydrogens (tertiary/aromatic N) is 2. The van der Waals surface area contributed by atoms with Gasteiger partial charge in [0.1, 0.15) is 0 Å². The summed E-state index contributed by atoms with van der Waals surface area (Å²) in [4.78, 5) is 6.81. The number of rotatable bonds is 2. The molecule has 2 heterocycles. The molecule has 0 atom stereocenters. The molecule has 1 aromatic rings. The Balaban J connectivity index is 1.95. The summed E-state index contributed by atoms with van der Waals surface area (Å²) in [6.45, 7) is 6.43. The number of thioether (sulfide) groups is 1. The lowest BCUT2D eigenvalue weighted by molar-refractivity contribution is 0.649. The summed E-state index contributed by atoms with van der Waals surface area (Å²) in [5.41, 5.74) is 4.03. The third-order valence-corrected chi connectivity index (χ3v) is 4.12. The Morgan fingerprint density at radius 2 is 2.24 bits per heavy atom. The van der Waals surface area contributed by atoms with Crippen LogP contribution in [0.15, 0.2) is 34.7 Å². The summed E-state index contributed by atoms with van der Waals surface area (Å²) < 4.78 is 0. The topological polar surface area (TPSA) is 15.6 Å². The third kappa shape index (κ3) is 1.89. The first-order valence-electron chi connectivity index (χ1n) is 6.05. The van der Waals surface area contributed by atoms with E-state index in [0.29, 0.717) is 5.92 Å². The molecule has 0 saturated heterocycles. The van der Waals surface area contributed by atoms with Gasteiger partial charge in [-0.2, -0.15) is 0 Å². The Morgan fingerprint density at radius 3 is 3.06 bits per heavy atom. The van der Waals surface area contributed by atoms with Crippen molar-refractivity contribution in [2.24, 2.45) is 4.99 Å². The summed E-state index contributed by atoms with van der Waals surface area (Å²) in [6.07, 6.45) is 0. The summed E-state index contributed by atoms with van der Waals surface area (Å²) in [5.74, 6) is 0.580.